The molecule has 4 heterocycles. The van der Waals surface area contributed by atoms with Crippen LogP contribution in [0.25, 0.3) is 11.5 Å². The SMILES string of the molecule is Cc1cccc(-c2nccc(Nc3ccnc(Nc4ccc(N5CCNC[C@H]5C)cc4)n3)n2)n1. The number of nitrogens with zero attached hydrogens (tertiary/aromatic N) is 6. The van der Waals surface area contributed by atoms with E-state index in [-0.39, 0.29) is 0 Å². The van der Waals surface area contributed by atoms with Gasteiger partial charge in [-0.3, -0.25) is 0 Å². The van der Waals surface area contributed by atoms with E-state index in [4.69, 9.17) is 0 Å². The van der Waals surface area contributed by atoms with Crippen molar-refractivity contribution in [2.24, 2.45) is 0 Å². The molecule has 5 rings (SSSR count). The lowest BCUT2D eigenvalue weighted by Crippen LogP contribution is -2.49. The number of pyridine rings is 1. The summed E-state index contributed by atoms with van der Waals surface area (Å²) in [6.07, 6.45) is 3.41. The predicted molar refractivity (Wildman–Crippen MR) is 135 cm³/mol. The molecular formula is C25H27N9. The Bertz CT molecular complexity index is 1260. The number of benzene rings is 1. The standard InChI is InChI=1S/C25H27N9/c1-17-4-3-5-21(29-17)24-27-12-10-22(32-24)31-23-11-13-28-25(33-23)30-19-6-8-20(9-7-19)34-15-14-26-16-18(34)2/h3-13,18,26H,14-16H2,1-2H3,(H2,27,28,30,31,32,33)/t18-/m1/s1. The number of anilines is 5. The van der Waals surface area contributed by atoms with Gasteiger partial charge in [-0.05, 0) is 62.4 Å². The topological polar surface area (TPSA) is 104 Å². The van der Waals surface area contributed by atoms with Gasteiger partial charge < -0.3 is 20.9 Å². The second kappa shape index (κ2) is 9.80. The number of nitrogens with one attached hydrogen (secondary N) is 3. The first-order valence-corrected chi connectivity index (χ1v) is 11.4. The molecule has 0 unspecified atom stereocenters. The van der Waals surface area contributed by atoms with Gasteiger partial charge in [0.05, 0.1) is 0 Å². The summed E-state index contributed by atoms with van der Waals surface area (Å²) in [4.78, 5) is 24.8. The Morgan fingerprint density at radius 1 is 0.882 bits per heavy atom. The minimum absolute atomic E-state index is 0.475. The molecule has 9 heteroatoms. The molecule has 9 nitrogen and oxygen atoms in total. The molecule has 1 aromatic carbocycles. The van der Waals surface area contributed by atoms with Crippen LogP contribution in [0.5, 0.6) is 0 Å². The van der Waals surface area contributed by atoms with Crippen LogP contribution in [0.2, 0.25) is 0 Å². The van der Waals surface area contributed by atoms with Crippen molar-refractivity contribution in [3.8, 4) is 11.5 Å². The van der Waals surface area contributed by atoms with E-state index in [1.807, 2.05) is 25.1 Å². The summed E-state index contributed by atoms with van der Waals surface area (Å²) in [5.41, 5.74) is 3.80. The van der Waals surface area contributed by atoms with Crippen molar-refractivity contribution in [2.75, 3.05) is 35.2 Å². The number of rotatable bonds is 6. The highest BCUT2D eigenvalue weighted by molar-refractivity contribution is 5.62. The van der Waals surface area contributed by atoms with E-state index in [0.29, 0.717) is 29.5 Å². The summed E-state index contributed by atoms with van der Waals surface area (Å²) in [6, 6.07) is 18.2. The predicted octanol–water partition coefficient (Wildman–Crippen LogP) is 3.92. The van der Waals surface area contributed by atoms with E-state index >= 15 is 0 Å². The van der Waals surface area contributed by atoms with Crippen LogP contribution in [0, 0.1) is 6.92 Å². The Kier molecular flexibility index (Phi) is 6.26. The van der Waals surface area contributed by atoms with Gasteiger partial charge in [0, 0.05) is 55.1 Å². The third-order valence-corrected chi connectivity index (χ3v) is 5.64. The highest BCUT2D eigenvalue weighted by atomic mass is 15.2. The van der Waals surface area contributed by atoms with E-state index in [0.717, 1.165) is 36.7 Å². The first-order valence-electron chi connectivity index (χ1n) is 11.4. The van der Waals surface area contributed by atoms with Crippen molar-refractivity contribution in [1.82, 2.24) is 30.2 Å². The van der Waals surface area contributed by atoms with Gasteiger partial charge in [0.25, 0.3) is 0 Å². The van der Waals surface area contributed by atoms with E-state index in [9.17, 15) is 0 Å². The summed E-state index contributed by atoms with van der Waals surface area (Å²) in [5, 5.41) is 9.94. The molecule has 0 amide bonds. The maximum Gasteiger partial charge on any atom is 0.229 e. The number of aromatic nitrogens is 5. The molecule has 1 aliphatic heterocycles. The van der Waals surface area contributed by atoms with E-state index < -0.39 is 0 Å². The Morgan fingerprint density at radius 3 is 2.47 bits per heavy atom. The fourth-order valence-corrected chi connectivity index (χ4v) is 3.93. The molecule has 0 spiro atoms. The van der Waals surface area contributed by atoms with Crippen LogP contribution in [0.3, 0.4) is 0 Å². The normalized spacial score (nSPS) is 15.7. The van der Waals surface area contributed by atoms with Gasteiger partial charge in [-0.25, -0.2) is 19.9 Å². The summed E-state index contributed by atoms with van der Waals surface area (Å²) >= 11 is 0. The monoisotopic (exact) mass is 453 g/mol. The Balaban J connectivity index is 1.27. The first-order chi connectivity index (χ1) is 16.6. The average molecular weight is 454 g/mol. The molecule has 34 heavy (non-hydrogen) atoms. The van der Waals surface area contributed by atoms with Crippen molar-refractivity contribution in [3.63, 3.8) is 0 Å². The second-order valence-corrected chi connectivity index (χ2v) is 8.24. The van der Waals surface area contributed by atoms with Crippen LogP contribution in [0.4, 0.5) is 29.0 Å². The Morgan fingerprint density at radius 2 is 1.68 bits per heavy atom. The number of piperazine rings is 1. The van der Waals surface area contributed by atoms with E-state index in [2.05, 4.69) is 77.0 Å². The second-order valence-electron chi connectivity index (χ2n) is 8.24. The molecule has 0 saturated carbocycles. The molecule has 1 atom stereocenters. The molecule has 1 saturated heterocycles. The molecule has 0 aliphatic carbocycles. The third-order valence-electron chi connectivity index (χ3n) is 5.64. The van der Waals surface area contributed by atoms with Crippen LogP contribution >= 0.6 is 0 Å². The van der Waals surface area contributed by atoms with Crippen LogP contribution in [-0.4, -0.2) is 50.6 Å². The highest BCUT2D eigenvalue weighted by Gasteiger charge is 2.18. The van der Waals surface area contributed by atoms with E-state index in [1.54, 1.807) is 24.5 Å². The minimum Gasteiger partial charge on any atom is -0.366 e. The zero-order chi connectivity index (χ0) is 23.3. The average Bonchev–Trinajstić information content (AvgIpc) is 2.85. The van der Waals surface area contributed by atoms with Gasteiger partial charge in [-0.1, -0.05) is 6.07 Å². The fraction of sp³-hybridized carbons (Fsp3) is 0.240. The third kappa shape index (κ3) is 5.10. The molecule has 1 aliphatic rings. The number of hydrogen-bond acceptors (Lipinski definition) is 9. The van der Waals surface area contributed by atoms with Crippen molar-refractivity contribution >= 4 is 29.0 Å². The van der Waals surface area contributed by atoms with Crippen LogP contribution in [0.15, 0.2) is 67.0 Å². The lowest BCUT2D eigenvalue weighted by molar-refractivity contribution is 0.501. The lowest BCUT2D eigenvalue weighted by Gasteiger charge is -2.36. The van der Waals surface area contributed by atoms with Crippen LogP contribution in [-0.2, 0) is 0 Å². The quantitative estimate of drug-likeness (QED) is 0.401. The Labute approximate surface area is 198 Å². The molecule has 4 aromatic rings. The van der Waals surface area contributed by atoms with Crippen molar-refractivity contribution in [1.29, 1.82) is 0 Å². The van der Waals surface area contributed by atoms with E-state index in [1.165, 1.54) is 5.69 Å². The molecule has 3 aromatic heterocycles. The smallest absolute Gasteiger partial charge is 0.229 e. The molecule has 172 valence electrons. The van der Waals surface area contributed by atoms with Crippen molar-refractivity contribution in [3.05, 3.63) is 72.7 Å². The summed E-state index contributed by atoms with van der Waals surface area (Å²) < 4.78 is 0. The van der Waals surface area contributed by atoms with Gasteiger partial charge >= 0.3 is 0 Å². The zero-order valence-electron chi connectivity index (χ0n) is 19.2. The molecule has 0 radical (unpaired) electrons. The summed E-state index contributed by atoms with van der Waals surface area (Å²) in [7, 11) is 0. The van der Waals surface area contributed by atoms with Gasteiger partial charge in [-0.15, -0.1) is 0 Å². The van der Waals surface area contributed by atoms with Gasteiger partial charge in [0.1, 0.15) is 17.3 Å². The highest BCUT2D eigenvalue weighted by Crippen LogP contribution is 2.23. The molecular weight excluding hydrogens is 426 g/mol. The minimum atomic E-state index is 0.475. The van der Waals surface area contributed by atoms with Crippen LogP contribution < -0.4 is 20.9 Å². The van der Waals surface area contributed by atoms with Crippen molar-refractivity contribution in [2.45, 2.75) is 19.9 Å². The van der Waals surface area contributed by atoms with Gasteiger partial charge in [0.2, 0.25) is 5.95 Å². The fourth-order valence-electron chi connectivity index (χ4n) is 3.93. The number of hydrogen-bond donors (Lipinski definition) is 3. The number of aryl methyl sites for hydroxylation is 1. The molecule has 3 N–H and O–H groups in total. The molecule has 1 fully saturated rings. The summed E-state index contributed by atoms with van der Waals surface area (Å²) in [6.45, 7) is 7.20. The van der Waals surface area contributed by atoms with Gasteiger partial charge in [-0.2, -0.15) is 4.98 Å². The van der Waals surface area contributed by atoms with Crippen LogP contribution in [0.1, 0.15) is 12.6 Å². The summed E-state index contributed by atoms with van der Waals surface area (Å²) in [5.74, 6) is 2.32. The Hall–Kier alpha value is -4.11. The maximum atomic E-state index is 4.58. The zero-order valence-corrected chi connectivity index (χ0v) is 19.2. The van der Waals surface area contributed by atoms with Gasteiger partial charge in [0.15, 0.2) is 5.82 Å². The maximum absolute atomic E-state index is 4.58. The molecule has 0 bridgehead atoms. The lowest BCUT2D eigenvalue weighted by atomic mass is 10.1. The largest absolute Gasteiger partial charge is 0.366 e. The first kappa shape index (κ1) is 21.7. The van der Waals surface area contributed by atoms with Crippen molar-refractivity contribution < 1.29 is 0 Å².